The monoisotopic (exact) mass is 528 g/mol. The van der Waals surface area contributed by atoms with Crippen molar-refractivity contribution < 1.29 is 19.7 Å². The van der Waals surface area contributed by atoms with Gasteiger partial charge in [-0.15, -0.1) is 0 Å². The largest absolute Gasteiger partial charge is 0.507 e. The van der Waals surface area contributed by atoms with Crippen molar-refractivity contribution in [3.8, 4) is 22.8 Å². The number of imidazole rings is 1. The van der Waals surface area contributed by atoms with E-state index >= 15 is 0 Å². The number of phenolic OH excluding ortho intramolecular Hbond substituents is 1. The van der Waals surface area contributed by atoms with Crippen molar-refractivity contribution in [1.29, 1.82) is 0 Å². The van der Waals surface area contributed by atoms with Crippen molar-refractivity contribution >= 4 is 11.6 Å². The molecule has 4 aromatic rings. The number of aliphatic hydroxyl groups excluding tert-OH is 1. The van der Waals surface area contributed by atoms with Crippen molar-refractivity contribution in [1.82, 2.24) is 14.5 Å². The number of aliphatic hydroxyl groups is 1. The molecule has 0 atom stereocenters. The van der Waals surface area contributed by atoms with Gasteiger partial charge in [-0.2, -0.15) is 0 Å². The van der Waals surface area contributed by atoms with Crippen LogP contribution in [-0.4, -0.2) is 50.7 Å². The van der Waals surface area contributed by atoms with E-state index in [9.17, 15) is 19.8 Å². The van der Waals surface area contributed by atoms with Crippen LogP contribution in [0.25, 0.3) is 11.3 Å². The quantitative estimate of drug-likeness (QED) is 0.309. The lowest BCUT2D eigenvalue weighted by Crippen LogP contribution is -2.37. The van der Waals surface area contributed by atoms with Gasteiger partial charge in [-0.1, -0.05) is 12.1 Å². The maximum absolute atomic E-state index is 13.3. The summed E-state index contributed by atoms with van der Waals surface area (Å²) >= 11 is 0. The highest BCUT2D eigenvalue weighted by Gasteiger charge is 2.25. The summed E-state index contributed by atoms with van der Waals surface area (Å²) in [7, 11) is 1.61. The highest BCUT2D eigenvalue weighted by molar-refractivity contribution is 6.09. The number of phenols is 1. The molecule has 0 aliphatic carbocycles. The van der Waals surface area contributed by atoms with E-state index in [0.717, 1.165) is 29.8 Å². The third-order valence-corrected chi connectivity index (χ3v) is 7.35. The van der Waals surface area contributed by atoms with E-state index in [4.69, 9.17) is 4.74 Å². The molecule has 0 bridgehead atoms. The summed E-state index contributed by atoms with van der Waals surface area (Å²) in [6, 6.07) is 14.3. The lowest BCUT2D eigenvalue weighted by molar-refractivity contribution is 0.103. The number of methoxy groups -OCH3 is 1. The number of piperidine rings is 1. The molecule has 0 radical (unpaired) electrons. The van der Waals surface area contributed by atoms with E-state index < -0.39 is 0 Å². The number of ketones is 1. The van der Waals surface area contributed by atoms with Crippen molar-refractivity contribution in [2.45, 2.75) is 39.3 Å². The number of pyridine rings is 1. The van der Waals surface area contributed by atoms with E-state index in [2.05, 4.69) is 14.9 Å². The number of anilines is 1. The van der Waals surface area contributed by atoms with Gasteiger partial charge in [-0.3, -0.25) is 9.36 Å². The first-order chi connectivity index (χ1) is 18.8. The second kappa shape index (κ2) is 10.8. The summed E-state index contributed by atoms with van der Waals surface area (Å²) in [5.41, 5.74) is 4.04. The highest BCUT2D eigenvalue weighted by Crippen LogP contribution is 2.29. The van der Waals surface area contributed by atoms with Gasteiger partial charge in [0.2, 0.25) is 0 Å². The van der Waals surface area contributed by atoms with Gasteiger partial charge in [0.25, 0.3) is 0 Å². The predicted molar refractivity (Wildman–Crippen MR) is 149 cm³/mol. The molecule has 1 fully saturated rings. The maximum atomic E-state index is 13.3. The third kappa shape index (κ3) is 5.31. The lowest BCUT2D eigenvalue weighted by Gasteiger charge is -2.33. The van der Waals surface area contributed by atoms with Gasteiger partial charge in [-0.05, 0) is 74.2 Å². The number of hydrogen-bond acceptors (Lipinski definition) is 7. The highest BCUT2D eigenvalue weighted by atomic mass is 16.5. The minimum atomic E-state index is -0.288. The lowest BCUT2D eigenvalue weighted by atomic mass is 9.98. The molecule has 9 heteroatoms. The fourth-order valence-corrected chi connectivity index (χ4v) is 5.19. The number of aromatic hydroxyl groups is 1. The van der Waals surface area contributed by atoms with Crippen molar-refractivity contribution in [2.24, 2.45) is 0 Å². The van der Waals surface area contributed by atoms with Gasteiger partial charge in [0.05, 0.1) is 25.1 Å². The Kier molecular flexibility index (Phi) is 7.26. The Balaban J connectivity index is 1.34. The Bertz CT molecular complexity index is 1560. The normalized spacial score (nSPS) is 14.0. The Morgan fingerprint density at radius 3 is 2.44 bits per heavy atom. The average Bonchev–Trinajstić information content (AvgIpc) is 3.36. The number of aromatic nitrogens is 3. The van der Waals surface area contributed by atoms with Gasteiger partial charge >= 0.3 is 5.69 Å². The summed E-state index contributed by atoms with van der Waals surface area (Å²) < 4.78 is 7.06. The molecular weight excluding hydrogens is 496 g/mol. The predicted octanol–water partition coefficient (Wildman–Crippen LogP) is 4.13. The molecule has 2 aromatic carbocycles. The SMILES string of the molecule is COc1cccc(-c2cn(C3CCN(c4cc(C(=O)c5cc(C)c(O)c(C)c5)cc(CO)n4)CC3)c(=O)[nH]2)c1. The van der Waals surface area contributed by atoms with Gasteiger partial charge in [0.1, 0.15) is 17.3 Å². The first-order valence-corrected chi connectivity index (χ1v) is 12.9. The first-order valence-electron chi connectivity index (χ1n) is 12.9. The zero-order valence-corrected chi connectivity index (χ0v) is 22.3. The van der Waals surface area contributed by atoms with Gasteiger partial charge in [0.15, 0.2) is 5.78 Å². The zero-order valence-electron chi connectivity index (χ0n) is 22.3. The van der Waals surface area contributed by atoms with Crippen LogP contribution >= 0.6 is 0 Å². The number of hydrogen-bond donors (Lipinski definition) is 3. The zero-order chi connectivity index (χ0) is 27.7. The smallest absolute Gasteiger partial charge is 0.326 e. The summed E-state index contributed by atoms with van der Waals surface area (Å²) in [6.45, 7) is 4.52. The molecule has 1 saturated heterocycles. The summed E-state index contributed by atoms with van der Waals surface area (Å²) in [4.78, 5) is 35.8. The minimum absolute atomic E-state index is 0.0226. The molecule has 5 rings (SSSR count). The third-order valence-electron chi connectivity index (χ3n) is 7.35. The van der Waals surface area contributed by atoms with Crippen LogP contribution in [0.15, 0.2) is 59.5 Å². The summed E-state index contributed by atoms with van der Waals surface area (Å²) in [5.74, 6) is 1.33. The van der Waals surface area contributed by atoms with Crippen LogP contribution in [0.5, 0.6) is 11.5 Å². The molecule has 3 heterocycles. The minimum Gasteiger partial charge on any atom is -0.507 e. The van der Waals surface area contributed by atoms with Crippen molar-refractivity contribution in [3.63, 3.8) is 0 Å². The van der Waals surface area contributed by atoms with Crippen LogP contribution < -0.4 is 15.3 Å². The number of nitrogens with one attached hydrogen (secondary N) is 1. The molecular formula is C30H32N4O5. The average molecular weight is 529 g/mol. The Morgan fingerprint density at radius 1 is 1.08 bits per heavy atom. The molecule has 1 aliphatic rings. The van der Waals surface area contributed by atoms with Crippen LogP contribution in [0.2, 0.25) is 0 Å². The Morgan fingerprint density at radius 2 is 1.77 bits per heavy atom. The first kappa shape index (κ1) is 26.2. The van der Waals surface area contributed by atoms with Gasteiger partial charge < -0.3 is 24.8 Å². The number of benzene rings is 2. The molecule has 9 nitrogen and oxygen atoms in total. The van der Waals surface area contributed by atoms with Gasteiger partial charge in [-0.25, -0.2) is 9.78 Å². The number of rotatable bonds is 7. The molecule has 0 spiro atoms. The van der Waals surface area contributed by atoms with Crippen LogP contribution in [0.4, 0.5) is 5.82 Å². The van der Waals surface area contributed by atoms with Gasteiger partial charge in [0, 0.05) is 42.0 Å². The Labute approximate surface area is 226 Å². The standard InChI is InChI=1S/C30H32N4O5/c1-18-11-21(12-19(2)28(18)36)29(37)22-13-23(17-35)31-27(15-22)33-9-7-24(8-10-33)34-16-26(32-30(34)38)20-5-4-6-25(14-20)39-3/h4-6,11-16,24,35-36H,7-10,17H2,1-3H3,(H,32,38). The summed E-state index contributed by atoms with van der Waals surface area (Å²) in [6.07, 6.45) is 3.31. The fraction of sp³-hybridized carbons (Fsp3) is 0.300. The maximum Gasteiger partial charge on any atom is 0.326 e. The molecule has 0 unspecified atom stereocenters. The molecule has 39 heavy (non-hydrogen) atoms. The second-order valence-corrected chi connectivity index (χ2v) is 9.98. The number of carbonyl (C=O) groups excluding carboxylic acids is 1. The number of aryl methyl sites for hydroxylation is 2. The van der Waals surface area contributed by atoms with E-state index in [1.165, 1.54) is 0 Å². The van der Waals surface area contributed by atoms with E-state index in [0.29, 0.717) is 46.9 Å². The number of aromatic amines is 1. The molecule has 2 aromatic heterocycles. The van der Waals surface area contributed by atoms with E-state index in [1.807, 2.05) is 30.5 Å². The van der Waals surface area contributed by atoms with Crippen molar-refractivity contribution in [3.05, 3.63) is 93.2 Å². The van der Waals surface area contributed by atoms with Crippen LogP contribution in [0.3, 0.4) is 0 Å². The number of ether oxygens (including phenoxy) is 1. The molecule has 202 valence electrons. The number of carbonyl (C=O) groups is 1. The van der Waals surface area contributed by atoms with Crippen LogP contribution in [0, 0.1) is 13.8 Å². The van der Waals surface area contributed by atoms with E-state index in [-0.39, 0.29) is 29.9 Å². The van der Waals surface area contributed by atoms with Crippen LogP contribution in [-0.2, 0) is 6.61 Å². The molecule has 1 aliphatic heterocycles. The molecule has 0 saturated carbocycles. The Hall–Kier alpha value is -4.37. The topological polar surface area (TPSA) is 121 Å². The van der Waals surface area contributed by atoms with Crippen LogP contribution in [0.1, 0.15) is 51.6 Å². The molecule has 0 amide bonds. The molecule has 3 N–H and O–H groups in total. The number of H-pyrrole nitrogens is 1. The summed E-state index contributed by atoms with van der Waals surface area (Å²) in [5, 5.41) is 19.9. The van der Waals surface area contributed by atoms with E-state index in [1.54, 1.807) is 49.8 Å². The van der Waals surface area contributed by atoms with Crippen molar-refractivity contribution in [2.75, 3.05) is 25.1 Å². The number of nitrogens with zero attached hydrogens (tertiary/aromatic N) is 3. The fourth-order valence-electron chi connectivity index (χ4n) is 5.19. The second-order valence-electron chi connectivity index (χ2n) is 9.98.